The first-order valence-electron chi connectivity index (χ1n) is 7.41. The van der Waals surface area contributed by atoms with Crippen molar-refractivity contribution < 1.29 is 0 Å². The maximum Gasteiger partial charge on any atom is 0.195 e. The Morgan fingerprint density at radius 2 is 1.45 bits per heavy atom. The zero-order valence-corrected chi connectivity index (χ0v) is 13.8. The van der Waals surface area contributed by atoms with Crippen LogP contribution in [0.4, 0.5) is 0 Å². The van der Waals surface area contributed by atoms with Crippen LogP contribution in [0.15, 0.2) is 35.3 Å². The van der Waals surface area contributed by atoms with Gasteiger partial charge in [0.2, 0.25) is 0 Å². The fraction of sp³-hybridized carbons (Fsp3) is 0.588. The second-order valence-corrected chi connectivity index (χ2v) is 5.76. The number of benzene rings is 1. The fourth-order valence-corrected chi connectivity index (χ4v) is 2.67. The lowest BCUT2D eigenvalue weighted by Crippen LogP contribution is -2.37. The van der Waals surface area contributed by atoms with E-state index in [-0.39, 0.29) is 5.41 Å². The summed E-state index contributed by atoms with van der Waals surface area (Å²) in [6.07, 6.45) is 2.20. The minimum Gasteiger partial charge on any atom is -0.349 e. The number of rotatable bonds is 5. The molecular formula is C17H29N3. The molecule has 20 heavy (non-hydrogen) atoms. The molecule has 0 saturated heterocycles. The van der Waals surface area contributed by atoms with E-state index in [4.69, 9.17) is 4.99 Å². The first-order chi connectivity index (χ1) is 9.46. The van der Waals surface area contributed by atoms with Crippen molar-refractivity contribution in [2.24, 2.45) is 4.99 Å². The SMILES string of the molecule is CCC(CC)(CN=C(N(C)C)N(C)C)c1ccccc1. The van der Waals surface area contributed by atoms with E-state index in [2.05, 4.69) is 54.0 Å². The largest absolute Gasteiger partial charge is 0.349 e. The molecule has 0 fully saturated rings. The molecule has 0 amide bonds. The van der Waals surface area contributed by atoms with E-state index >= 15 is 0 Å². The van der Waals surface area contributed by atoms with Crippen molar-refractivity contribution in [2.45, 2.75) is 32.1 Å². The molecule has 112 valence electrons. The Morgan fingerprint density at radius 3 is 1.85 bits per heavy atom. The van der Waals surface area contributed by atoms with Crippen molar-refractivity contribution >= 4 is 5.96 Å². The van der Waals surface area contributed by atoms with Gasteiger partial charge in [0.1, 0.15) is 0 Å². The van der Waals surface area contributed by atoms with Crippen LogP contribution in [0.5, 0.6) is 0 Å². The number of aliphatic imine (C=N–C) groups is 1. The van der Waals surface area contributed by atoms with Crippen LogP contribution in [-0.2, 0) is 5.41 Å². The van der Waals surface area contributed by atoms with Gasteiger partial charge in [-0.2, -0.15) is 0 Å². The standard InChI is InChI=1S/C17H29N3/c1-7-17(8-2,15-12-10-9-11-13-15)14-18-16(19(3)4)20(5)6/h9-13H,7-8,14H2,1-6H3. The minimum absolute atomic E-state index is 0.137. The Morgan fingerprint density at radius 1 is 0.950 bits per heavy atom. The molecule has 0 unspecified atom stereocenters. The van der Waals surface area contributed by atoms with E-state index in [1.54, 1.807) is 0 Å². The third-order valence-electron chi connectivity index (χ3n) is 4.06. The van der Waals surface area contributed by atoms with Crippen LogP contribution < -0.4 is 0 Å². The number of hydrogen-bond donors (Lipinski definition) is 0. The van der Waals surface area contributed by atoms with Crippen molar-refractivity contribution in [3.05, 3.63) is 35.9 Å². The Bertz CT molecular complexity index is 407. The Hall–Kier alpha value is -1.51. The molecule has 3 heteroatoms. The molecule has 1 aromatic rings. The molecule has 0 aliphatic rings. The predicted molar refractivity (Wildman–Crippen MR) is 88.4 cm³/mol. The highest BCUT2D eigenvalue weighted by Gasteiger charge is 2.28. The molecule has 3 nitrogen and oxygen atoms in total. The molecule has 0 saturated carbocycles. The average Bonchev–Trinajstić information content (AvgIpc) is 2.44. The van der Waals surface area contributed by atoms with Crippen LogP contribution in [0.25, 0.3) is 0 Å². The lowest BCUT2D eigenvalue weighted by atomic mass is 9.76. The van der Waals surface area contributed by atoms with Crippen LogP contribution in [0.2, 0.25) is 0 Å². The van der Waals surface area contributed by atoms with Crippen molar-refractivity contribution in [1.29, 1.82) is 0 Å². The molecule has 0 aliphatic carbocycles. The molecule has 1 rings (SSSR count). The summed E-state index contributed by atoms with van der Waals surface area (Å²) in [5, 5.41) is 0. The van der Waals surface area contributed by atoms with E-state index < -0.39 is 0 Å². The summed E-state index contributed by atoms with van der Waals surface area (Å²) in [5.41, 5.74) is 1.53. The van der Waals surface area contributed by atoms with E-state index in [0.29, 0.717) is 0 Å². The van der Waals surface area contributed by atoms with Crippen LogP contribution in [-0.4, -0.2) is 50.5 Å². The Labute approximate surface area is 124 Å². The van der Waals surface area contributed by atoms with Gasteiger partial charge in [0, 0.05) is 33.6 Å². The number of hydrogen-bond acceptors (Lipinski definition) is 1. The molecule has 0 radical (unpaired) electrons. The highest BCUT2D eigenvalue weighted by Crippen LogP contribution is 2.32. The van der Waals surface area contributed by atoms with Gasteiger partial charge in [-0.3, -0.25) is 4.99 Å². The van der Waals surface area contributed by atoms with Crippen molar-refractivity contribution in [3.8, 4) is 0 Å². The molecular weight excluding hydrogens is 246 g/mol. The molecule has 0 spiro atoms. The van der Waals surface area contributed by atoms with Crippen molar-refractivity contribution in [2.75, 3.05) is 34.7 Å². The average molecular weight is 275 g/mol. The van der Waals surface area contributed by atoms with Gasteiger partial charge in [-0.05, 0) is 18.4 Å². The third kappa shape index (κ3) is 3.75. The molecule has 0 bridgehead atoms. The molecule has 1 aromatic carbocycles. The maximum atomic E-state index is 4.88. The van der Waals surface area contributed by atoms with Crippen molar-refractivity contribution in [1.82, 2.24) is 9.80 Å². The summed E-state index contributed by atoms with van der Waals surface area (Å²) in [7, 11) is 8.17. The molecule has 0 atom stereocenters. The van der Waals surface area contributed by atoms with Crippen LogP contribution in [0, 0.1) is 0 Å². The first kappa shape index (κ1) is 16.5. The van der Waals surface area contributed by atoms with Crippen LogP contribution >= 0.6 is 0 Å². The quantitative estimate of drug-likeness (QED) is 0.607. The second-order valence-electron chi connectivity index (χ2n) is 5.76. The molecule has 0 aliphatic heterocycles. The highest BCUT2D eigenvalue weighted by molar-refractivity contribution is 5.79. The molecule has 0 heterocycles. The summed E-state index contributed by atoms with van der Waals surface area (Å²) in [4.78, 5) is 9.02. The zero-order chi connectivity index (χ0) is 15.2. The van der Waals surface area contributed by atoms with E-state index in [1.807, 2.05) is 28.2 Å². The highest BCUT2D eigenvalue weighted by atomic mass is 15.3. The van der Waals surface area contributed by atoms with Gasteiger partial charge < -0.3 is 9.80 Å². The van der Waals surface area contributed by atoms with Gasteiger partial charge in [-0.1, -0.05) is 44.2 Å². The van der Waals surface area contributed by atoms with Gasteiger partial charge in [0.15, 0.2) is 5.96 Å². The maximum absolute atomic E-state index is 4.88. The van der Waals surface area contributed by atoms with Gasteiger partial charge in [0.05, 0.1) is 6.54 Å². The predicted octanol–water partition coefficient (Wildman–Crippen LogP) is 3.22. The van der Waals surface area contributed by atoms with Gasteiger partial charge in [-0.25, -0.2) is 0 Å². The number of guanidine groups is 1. The minimum atomic E-state index is 0.137. The van der Waals surface area contributed by atoms with E-state index in [0.717, 1.165) is 25.3 Å². The topological polar surface area (TPSA) is 18.8 Å². The van der Waals surface area contributed by atoms with Gasteiger partial charge in [0.25, 0.3) is 0 Å². The summed E-state index contributed by atoms with van der Waals surface area (Å²) < 4.78 is 0. The summed E-state index contributed by atoms with van der Waals surface area (Å²) >= 11 is 0. The summed E-state index contributed by atoms with van der Waals surface area (Å²) in [6, 6.07) is 10.8. The first-order valence-corrected chi connectivity index (χ1v) is 7.41. The number of nitrogens with zero attached hydrogens (tertiary/aromatic N) is 3. The lowest BCUT2D eigenvalue weighted by Gasteiger charge is -2.32. The molecule has 0 N–H and O–H groups in total. The van der Waals surface area contributed by atoms with Crippen LogP contribution in [0.3, 0.4) is 0 Å². The monoisotopic (exact) mass is 275 g/mol. The van der Waals surface area contributed by atoms with Crippen molar-refractivity contribution in [3.63, 3.8) is 0 Å². The fourth-order valence-electron chi connectivity index (χ4n) is 2.67. The second kappa shape index (κ2) is 7.32. The lowest BCUT2D eigenvalue weighted by molar-refractivity contribution is 0.397. The van der Waals surface area contributed by atoms with E-state index in [1.165, 1.54) is 5.56 Å². The Balaban J connectivity index is 3.07. The third-order valence-corrected chi connectivity index (χ3v) is 4.06. The molecule has 0 aromatic heterocycles. The summed E-state index contributed by atoms with van der Waals surface area (Å²) in [5.74, 6) is 1.02. The van der Waals surface area contributed by atoms with Gasteiger partial charge in [-0.15, -0.1) is 0 Å². The van der Waals surface area contributed by atoms with Crippen LogP contribution in [0.1, 0.15) is 32.3 Å². The smallest absolute Gasteiger partial charge is 0.195 e. The summed E-state index contributed by atoms with van der Waals surface area (Å²) in [6.45, 7) is 5.35. The normalized spacial score (nSPS) is 11.1. The Kier molecular flexibility index (Phi) is 6.05. The zero-order valence-electron chi connectivity index (χ0n) is 13.8. The van der Waals surface area contributed by atoms with E-state index in [9.17, 15) is 0 Å². The van der Waals surface area contributed by atoms with Gasteiger partial charge >= 0.3 is 0 Å².